The number of hydrogen-bond acceptors (Lipinski definition) is 5. The van der Waals surface area contributed by atoms with E-state index in [0.717, 1.165) is 12.1 Å². The van der Waals surface area contributed by atoms with Crippen molar-refractivity contribution < 1.29 is 9.21 Å². The van der Waals surface area contributed by atoms with E-state index in [1.807, 2.05) is 53.8 Å². The Labute approximate surface area is 156 Å². The fourth-order valence-electron chi connectivity index (χ4n) is 3.34. The Morgan fingerprint density at radius 1 is 1.27 bits per heavy atom. The van der Waals surface area contributed by atoms with E-state index in [2.05, 4.69) is 23.2 Å². The number of rotatable bonds is 4. The molecule has 2 aromatic heterocycles. The highest BCUT2D eigenvalue weighted by atomic mass is 32.2. The summed E-state index contributed by atoms with van der Waals surface area (Å²) in [4.78, 5) is 15.0. The minimum Gasteiger partial charge on any atom is -0.461 e. The van der Waals surface area contributed by atoms with E-state index < -0.39 is 0 Å². The van der Waals surface area contributed by atoms with Crippen LogP contribution in [0.2, 0.25) is 0 Å². The molecule has 0 unspecified atom stereocenters. The summed E-state index contributed by atoms with van der Waals surface area (Å²) in [5, 5.41) is 8.85. The molecule has 0 saturated carbocycles. The fraction of sp³-hybridized carbons (Fsp3) is 0.316. The van der Waals surface area contributed by atoms with E-state index in [9.17, 15) is 4.79 Å². The number of furan rings is 1. The lowest BCUT2D eigenvalue weighted by Crippen LogP contribution is -2.40. The zero-order valence-electron chi connectivity index (χ0n) is 14.9. The van der Waals surface area contributed by atoms with Gasteiger partial charge in [0.2, 0.25) is 5.91 Å². The Hall–Kier alpha value is -2.54. The first-order valence-corrected chi connectivity index (χ1v) is 9.45. The van der Waals surface area contributed by atoms with E-state index in [-0.39, 0.29) is 17.2 Å². The number of aromatic nitrogens is 3. The van der Waals surface area contributed by atoms with Crippen LogP contribution in [0, 0.1) is 0 Å². The first kappa shape index (κ1) is 16.9. The number of carbonyl (C=O) groups excluding carboxylic acids is 1. The second kappa shape index (κ2) is 6.64. The summed E-state index contributed by atoms with van der Waals surface area (Å²) in [6.07, 6.45) is 2.50. The van der Waals surface area contributed by atoms with E-state index >= 15 is 0 Å². The van der Waals surface area contributed by atoms with Crippen molar-refractivity contribution in [2.45, 2.75) is 36.7 Å². The topological polar surface area (TPSA) is 64.2 Å². The van der Waals surface area contributed by atoms with Gasteiger partial charge in [-0.05, 0) is 44.0 Å². The minimum atomic E-state index is -0.268. The monoisotopic (exact) mass is 368 g/mol. The van der Waals surface area contributed by atoms with Gasteiger partial charge in [-0.2, -0.15) is 0 Å². The van der Waals surface area contributed by atoms with Crippen molar-refractivity contribution in [3.8, 4) is 11.6 Å². The molecule has 2 atom stereocenters. The molecule has 1 aromatic carbocycles. The summed E-state index contributed by atoms with van der Waals surface area (Å²) >= 11 is 1.42. The van der Waals surface area contributed by atoms with Crippen LogP contribution in [0.15, 0.2) is 52.2 Å². The van der Waals surface area contributed by atoms with Crippen molar-refractivity contribution in [2.24, 2.45) is 7.05 Å². The summed E-state index contributed by atoms with van der Waals surface area (Å²) in [5.74, 6) is 1.40. The van der Waals surface area contributed by atoms with Crippen molar-refractivity contribution in [3.05, 3.63) is 48.2 Å². The lowest BCUT2D eigenvalue weighted by atomic mass is 10.1. The second-order valence-corrected chi connectivity index (χ2v) is 7.80. The van der Waals surface area contributed by atoms with E-state index in [1.165, 1.54) is 17.3 Å². The third-order valence-electron chi connectivity index (χ3n) is 4.65. The van der Waals surface area contributed by atoms with Crippen LogP contribution in [0.1, 0.15) is 19.4 Å². The third-order valence-corrected chi connectivity index (χ3v) is 5.77. The number of amides is 1. The number of para-hydroxylation sites is 1. The lowest BCUT2D eigenvalue weighted by molar-refractivity contribution is -0.118. The Morgan fingerprint density at radius 3 is 2.85 bits per heavy atom. The van der Waals surface area contributed by atoms with Crippen molar-refractivity contribution >= 4 is 23.4 Å². The molecule has 0 spiro atoms. The molecule has 0 radical (unpaired) electrons. The molecule has 3 heterocycles. The predicted molar refractivity (Wildman–Crippen MR) is 101 cm³/mol. The Bertz CT molecular complexity index is 935. The smallest absolute Gasteiger partial charge is 0.240 e. The molecule has 134 valence electrons. The van der Waals surface area contributed by atoms with Crippen molar-refractivity contribution in [1.29, 1.82) is 0 Å². The number of anilines is 1. The standard InChI is InChI=1S/C19H20N4O2S/c1-12-11-14-7-4-5-8-15(14)23(12)18(24)13(2)26-19-21-20-17(22(19)3)16-9-6-10-25-16/h4-10,12-13H,11H2,1-3H3/t12-,13-/m0/s1. The quantitative estimate of drug-likeness (QED) is 0.659. The number of nitrogens with zero attached hydrogens (tertiary/aromatic N) is 4. The van der Waals surface area contributed by atoms with Crippen LogP contribution in [0.3, 0.4) is 0 Å². The lowest BCUT2D eigenvalue weighted by Gasteiger charge is -2.25. The van der Waals surface area contributed by atoms with Crippen LogP contribution in [0.5, 0.6) is 0 Å². The van der Waals surface area contributed by atoms with Crippen LogP contribution in [-0.2, 0) is 18.3 Å². The Balaban J connectivity index is 1.54. The number of carbonyl (C=O) groups is 1. The van der Waals surface area contributed by atoms with Gasteiger partial charge < -0.3 is 13.9 Å². The average Bonchev–Trinajstić information content (AvgIpc) is 3.33. The summed E-state index contributed by atoms with van der Waals surface area (Å²) in [5.41, 5.74) is 2.25. The molecule has 26 heavy (non-hydrogen) atoms. The summed E-state index contributed by atoms with van der Waals surface area (Å²) in [7, 11) is 1.88. The molecule has 0 bridgehead atoms. The molecule has 1 aliphatic heterocycles. The normalized spacial score (nSPS) is 17.3. The van der Waals surface area contributed by atoms with Gasteiger partial charge in [0.05, 0.1) is 11.5 Å². The molecular weight excluding hydrogens is 348 g/mol. The van der Waals surface area contributed by atoms with Crippen molar-refractivity contribution in [2.75, 3.05) is 4.90 Å². The minimum absolute atomic E-state index is 0.0926. The molecule has 0 saturated heterocycles. The van der Waals surface area contributed by atoms with Crippen LogP contribution in [0.4, 0.5) is 5.69 Å². The molecule has 0 aliphatic carbocycles. The molecule has 4 rings (SSSR count). The van der Waals surface area contributed by atoms with Crippen molar-refractivity contribution in [3.63, 3.8) is 0 Å². The van der Waals surface area contributed by atoms with Crippen LogP contribution in [-0.4, -0.2) is 32.0 Å². The van der Waals surface area contributed by atoms with Gasteiger partial charge in [-0.25, -0.2) is 0 Å². The van der Waals surface area contributed by atoms with Gasteiger partial charge in [-0.3, -0.25) is 4.79 Å². The molecule has 0 N–H and O–H groups in total. The Morgan fingerprint density at radius 2 is 2.08 bits per heavy atom. The molecule has 3 aromatic rings. The number of benzene rings is 1. The maximum absolute atomic E-state index is 13.1. The summed E-state index contributed by atoms with van der Waals surface area (Å²) in [6, 6.07) is 11.9. The van der Waals surface area contributed by atoms with E-state index in [1.54, 1.807) is 6.26 Å². The SMILES string of the molecule is C[C@H](Sc1nnc(-c2ccco2)n1C)C(=O)N1c2ccccc2C[C@@H]1C. The van der Waals surface area contributed by atoms with Crippen LogP contribution in [0.25, 0.3) is 11.6 Å². The first-order chi connectivity index (χ1) is 12.6. The number of thioether (sulfide) groups is 1. The van der Waals surface area contributed by atoms with E-state index in [0.29, 0.717) is 16.7 Å². The van der Waals surface area contributed by atoms with Gasteiger partial charge in [0.25, 0.3) is 0 Å². The molecular formula is C19H20N4O2S. The molecule has 1 aliphatic rings. The maximum atomic E-state index is 13.1. The largest absolute Gasteiger partial charge is 0.461 e. The van der Waals surface area contributed by atoms with Gasteiger partial charge in [0.1, 0.15) is 0 Å². The van der Waals surface area contributed by atoms with Gasteiger partial charge in [-0.15, -0.1) is 10.2 Å². The number of hydrogen-bond donors (Lipinski definition) is 0. The Kier molecular flexibility index (Phi) is 4.32. The molecule has 7 heteroatoms. The van der Waals surface area contributed by atoms with E-state index in [4.69, 9.17) is 4.42 Å². The zero-order chi connectivity index (χ0) is 18.3. The van der Waals surface area contributed by atoms with Gasteiger partial charge in [0.15, 0.2) is 16.7 Å². The number of fused-ring (bicyclic) bond motifs is 1. The summed E-state index contributed by atoms with van der Waals surface area (Å²) in [6.45, 7) is 4.01. The van der Waals surface area contributed by atoms with Gasteiger partial charge in [0, 0.05) is 18.8 Å². The molecule has 1 amide bonds. The summed E-state index contributed by atoms with van der Waals surface area (Å²) < 4.78 is 7.25. The molecule has 0 fully saturated rings. The third kappa shape index (κ3) is 2.82. The van der Waals surface area contributed by atoms with Crippen LogP contribution >= 0.6 is 11.8 Å². The highest BCUT2D eigenvalue weighted by Crippen LogP contribution is 2.35. The highest BCUT2D eigenvalue weighted by Gasteiger charge is 2.34. The fourth-order valence-corrected chi connectivity index (χ4v) is 4.21. The molecule has 6 nitrogen and oxygen atoms in total. The highest BCUT2D eigenvalue weighted by molar-refractivity contribution is 8.00. The van der Waals surface area contributed by atoms with Gasteiger partial charge in [-0.1, -0.05) is 30.0 Å². The second-order valence-electron chi connectivity index (χ2n) is 6.49. The van der Waals surface area contributed by atoms with Crippen LogP contribution < -0.4 is 4.90 Å². The zero-order valence-corrected chi connectivity index (χ0v) is 15.7. The van der Waals surface area contributed by atoms with Crippen molar-refractivity contribution in [1.82, 2.24) is 14.8 Å². The maximum Gasteiger partial charge on any atom is 0.240 e. The first-order valence-electron chi connectivity index (χ1n) is 8.57. The van der Waals surface area contributed by atoms with Gasteiger partial charge >= 0.3 is 0 Å². The average molecular weight is 368 g/mol. The predicted octanol–water partition coefficient (Wildman–Crippen LogP) is 3.53.